The van der Waals surface area contributed by atoms with Crippen LogP contribution in [0.1, 0.15) is 44.7 Å². The lowest BCUT2D eigenvalue weighted by Gasteiger charge is -2.27. The molecule has 2 aromatic rings. The number of nitrogens with zero attached hydrogens (tertiary/aromatic N) is 2. The number of hydrogen-bond donors (Lipinski definition) is 1. The van der Waals surface area contributed by atoms with Crippen LogP contribution in [0.3, 0.4) is 0 Å². The number of esters is 2. The van der Waals surface area contributed by atoms with Gasteiger partial charge in [0, 0.05) is 6.42 Å². The van der Waals surface area contributed by atoms with Gasteiger partial charge in [-0.15, -0.1) is 0 Å². The molecule has 1 heterocycles. The van der Waals surface area contributed by atoms with Gasteiger partial charge in [0.05, 0.1) is 6.54 Å². The van der Waals surface area contributed by atoms with E-state index in [-0.39, 0.29) is 32.7 Å². The van der Waals surface area contributed by atoms with Crippen LogP contribution in [-0.2, 0) is 46.5 Å². The number of benzene rings is 2. The maximum Gasteiger partial charge on any atom is 0.418 e. The Bertz CT molecular complexity index is 1370. The maximum atomic E-state index is 13.9. The van der Waals surface area contributed by atoms with Crippen LogP contribution in [0, 0.1) is 0 Å². The molecule has 0 radical (unpaired) electrons. The molecule has 45 heavy (non-hydrogen) atoms. The topological polar surface area (TPSA) is 158 Å². The van der Waals surface area contributed by atoms with Crippen LogP contribution >= 0.6 is 0 Å². The zero-order valence-electron chi connectivity index (χ0n) is 25.4. The highest BCUT2D eigenvalue weighted by Gasteiger charge is 2.50. The van der Waals surface area contributed by atoms with E-state index in [1.807, 2.05) is 6.07 Å². The third-order valence-corrected chi connectivity index (χ3v) is 6.25. The lowest BCUT2D eigenvalue weighted by molar-refractivity contribution is -0.151. The molecule has 1 aliphatic heterocycles. The quantitative estimate of drug-likeness (QED) is 0.207. The fraction of sp³-hybridized carbons (Fsp3) is 0.375. The van der Waals surface area contributed by atoms with E-state index in [1.165, 1.54) is 6.08 Å². The van der Waals surface area contributed by atoms with Gasteiger partial charge in [0.1, 0.15) is 31.5 Å². The maximum absolute atomic E-state index is 13.9. The molecule has 5 amide bonds. The first kappa shape index (κ1) is 34.3. The van der Waals surface area contributed by atoms with Crippen molar-refractivity contribution in [3.8, 4) is 0 Å². The predicted molar refractivity (Wildman–Crippen MR) is 159 cm³/mol. The number of carbonyl (C=O) groups is 6. The number of alkyl carbamates (subject to hydrolysis) is 1. The first-order valence-corrected chi connectivity index (χ1v) is 14.2. The molecule has 2 aromatic carbocycles. The summed E-state index contributed by atoms with van der Waals surface area (Å²) in [5.74, 6) is -2.74. The summed E-state index contributed by atoms with van der Waals surface area (Å²) in [6.07, 6.45) is -1.46. The lowest BCUT2D eigenvalue weighted by Crippen LogP contribution is -2.54. The predicted octanol–water partition coefficient (Wildman–Crippen LogP) is 4.10. The molecule has 0 aromatic heterocycles. The van der Waals surface area contributed by atoms with Gasteiger partial charge in [-0.2, -0.15) is 0 Å². The number of nitrogens with one attached hydrogen (secondary N) is 1. The highest BCUT2D eigenvalue weighted by atomic mass is 16.6. The normalized spacial score (nSPS) is 15.1. The van der Waals surface area contributed by atoms with Gasteiger partial charge >= 0.3 is 30.2 Å². The molecular formula is C32H37N3O10. The highest BCUT2D eigenvalue weighted by molar-refractivity contribution is 6.08. The third-order valence-electron chi connectivity index (χ3n) is 6.25. The second-order valence-electron chi connectivity index (χ2n) is 11.0. The van der Waals surface area contributed by atoms with Crippen LogP contribution in [0.15, 0.2) is 73.3 Å². The summed E-state index contributed by atoms with van der Waals surface area (Å²) in [6.45, 7) is 7.33. The molecule has 13 nitrogen and oxygen atoms in total. The highest BCUT2D eigenvalue weighted by Crippen LogP contribution is 2.22. The summed E-state index contributed by atoms with van der Waals surface area (Å²) in [6, 6.07) is 13.3. The average molecular weight is 624 g/mol. The summed E-state index contributed by atoms with van der Waals surface area (Å²) in [7, 11) is 0. The van der Waals surface area contributed by atoms with Gasteiger partial charge in [-0.05, 0) is 38.3 Å². The van der Waals surface area contributed by atoms with Crippen molar-refractivity contribution >= 4 is 36.1 Å². The van der Waals surface area contributed by atoms with Crippen molar-refractivity contribution in [3.63, 3.8) is 0 Å². The average Bonchev–Trinajstić information content (AvgIpc) is 3.36. The van der Waals surface area contributed by atoms with E-state index in [1.54, 1.807) is 75.4 Å². The van der Waals surface area contributed by atoms with Crippen molar-refractivity contribution in [1.82, 2.24) is 15.1 Å². The smallest absolute Gasteiger partial charge is 0.418 e. The van der Waals surface area contributed by atoms with Crippen LogP contribution in [0.25, 0.3) is 0 Å². The molecule has 1 N–H and O–H groups in total. The Morgan fingerprint density at radius 3 is 2.07 bits per heavy atom. The molecule has 1 fully saturated rings. The van der Waals surface area contributed by atoms with E-state index in [0.29, 0.717) is 15.4 Å². The minimum Gasteiger partial charge on any atom is -0.461 e. The Morgan fingerprint density at radius 1 is 0.933 bits per heavy atom. The van der Waals surface area contributed by atoms with E-state index in [9.17, 15) is 28.8 Å². The molecule has 0 aliphatic carbocycles. The zero-order valence-corrected chi connectivity index (χ0v) is 25.4. The van der Waals surface area contributed by atoms with Crippen molar-refractivity contribution < 1.29 is 47.7 Å². The number of imide groups is 2. The van der Waals surface area contributed by atoms with Crippen molar-refractivity contribution in [3.05, 3.63) is 84.4 Å². The van der Waals surface area contributed by atoms with Crippen LogP contribution in [-0.4, -0.2) is 76.7 Å². The summed E-state index contributed by atoms with van der Waals surface area (Å²) in [5, 5.41) is 2.38. The van der Waals surface area contributed by atoms with E-state index in [2.05, 4.69) is 11.9 Å². The fourth-order valence-corrected chi connectivity index (χ4v) is 4.16. The van der Waals surface area contributed by atoms with Gasteiger partial charge in [0.15, 0.2) is 6.04 Å². The Balaban J connectivity index is 1.80. The van der Waals surface area contributed by atoms with Crippen LogP contribution in [0.4, 0.5) is 14.4 Å². The standard InChI is InChI=1S/C32H37N3O10/c1-5-18-42-28(38)25-19-34(31(41)44-21-23-14-10-7-11-15-23)30(40)35(25)27(37)24(33-29(39)45-32(2,3)4)16-17-26(36)43-20-22-12-8-6-9-13-22/h5-15,24-25H,1,16-21H2,2-4H3,(H,33,39)/t24-,25-/m0/s1. The lowest BCUT2D eigenvalue weighted by atomic mass is 10.1. The molecule has 0 saturated carbocycles. The van der Waals surface area contributed by atoms with Gasteiger partial charge in [-0.1, -0.05) is 73.3 Å². The Kier molecular flexibility index (Phi) is 12.2. The monoisotopic (exact) mass is 623 g/mol. The van der Waals surface area contributed by atoms with Crippen LogP contribution in [0.5, 0.6) is 0 Å². The third kappa shape index (κ3) is 10.5. The fourth-order valence-electron chi connectivity index (χ4n) is 4.16. The molecular weight excluding hydrogens is 586 g/mol. The van der Waals surface area contributed by atoms with Crippen LogP contribution < -0.4 is 5.32 Å². The number of amides is 5. The molecule has 0 bridgehead atoms. The zero-order chi connectivity index (χ0) is 33.0. The summed E-state index contributed by atoms with van der Waals surface area (Å²) in [5.41, 5.74) is 0.452. The molecule has 0 spiro atoms. The number of hydrogen-bond acceptors (Lipinski definition) is 10. The molecule has 1 aliphatic rings. The Hall–Kier alpha value is -5.20. The summed E-state index contributed by atoms with van der Waals surface area (Å²) in [4.78, 5) is 79.5. The molecule has 3 rings (SSSR count). The van der Waals surface area contributed by atoms with Crippen LogP contribution in [0.2, 0.25) is 0 Å². The minimum atomic E-state index is -1.57. The second kappa shape index (κ2) is 16.0. The number of carbonyl (C=O) groups excluding carboxylic acids is 6. The first-order valence-electron chi connectivity index (χ1n) is 14.2. The van der Waals surface area contributed by atoms with Gasteiger partial charge in [0.25, 0.3) is 5.91 Å². The van der Waals surface area contributed by atoms with E-state index in [0.717, 1.165) is 5.56 Å². The largest absolute Gasteiger partial charge is 0.461 e. The number of ether oxygens (including phenoxy) is 4. The first-order chi connectivity index (χ1) is 21.4. The molecule has 1 saturated heterocycles. The molecule has 0 unspecified atom stereocenters. The van der Waals surface area contributed by atoms with Crippen molar-refractivity contribution in [2.45, 2.75) is 64.5 Å². The summed E-state index contributed by atoms with van der Waals surface area (Å²) < 4.78 is 20.9. The molecule has 2 atom stereocenters. The van der Waals surface area contributed by atoms with Gasteiger partial charge in [-0.25, -0.2) is 29.0 Å². The molecule has 240 valence electrons. The van der Waals surface area contributed by atoms with E-state index in [4.69, 9.17) is 18.9 Å². The molecule has 13 heteroatoms. The Morgan fingerprint density at radius 2 is 1.51 bits per heavy atom. The van der Waals surface area contributed by atoms with E-state index < -0.39 is 60.3 Å². The SMILES string of the molecule is C=CCOC(=O)[C@@H]1CN(C(=O)OCc2ccccc2)C(=O)N1C(=O)[C@H](CCC(=O)OCc1ccccc1)NC(=O)OC(C)(C)C. The van der Waals surface area contributed by atoms with Crippen molar-refractivity contribution in [1.29, 1.82) is 0 Å². The van der Waals surface area contributed by atoms with Gasteiger partial charge in [-0.3, -0.25) is 9.59 Å². The van der Waals surface area contributed by atoms with Gasteiger partial charge in [0.2, 0.25) is 0 Å². The van der Waals surface area contributed by atoms with E-state index >= 15 is 0 Å². The second-order valence-corrected chi connectivity index (χ2v) is 11.0. The minimum absolute atomic E-state index is 0.0142. The van der Waals surface area contributed by atoms with Crippen molar-refractivity contribution in [2.75, 3.05) is 13.2 Å². The summed E-state index contributed by atoms with van der Waals surface area (Å²) >= 11 is 0. The van der Waals surface area contributed by atoms with Gasteiger partial charge < -0.3 is 24.3 Å². The number of rotatable bonds is 12. The Labute approximate surface area is 261 Å². The van der Waals surface area contributed by atoms with Crippen molar-refractivity contribution in [2.24, 2.45) is 0 Å². The number of urea groups is 1.